The van der Waals surface area contributed by atoms with Crippen molar-refractivity contribution >= 4 is 12.6 Å². The van der Waals surface area contributed by atoms with Crippen LogP contribution in [0, 0.1) is 11.8 Å². The van der Waals surface area contributed by atoms with E-state index in [9.17, 15) is 13.2 Å². The van der Waals surface area contributed by atoms with Crippen LogP contribution in [0.1, 0.15) is 55.8 Å². The number of thiol groups is 1. The van der Waals surface area contributed by atoms with Gasteiger partial charge in [0.25, 0.3) is 0 Å². The summed E-state index contributed by atoms with van der Waals surface area (Å²) in [6.45, 7) is 0.284. The third-order valence-corrected chi connectivity index (χ3v) is 7.45. The normalized spacial score (nSPS) is 28.7. The maximum Gasteiger partial charge on any atom is 0.573 e. The summed E-state index contributed by atoms with van der Waals surface area (Å²) >= 11 is 4.76. The van der Waals surface area contributed by atoms with Crippen molar-refractivity contribution in [2.75, 3.05) is 0 Å². The fourth-order valence-corrected chi connectivity index (χ4v) is 5.53. The highest BCUT2D eigenvalue weighted by molar-refractivity contribution is 7.81. The molecule has 0 spiro atoms. The second-order valence-corrected chi connectivity index (χ2v) is 9.28. The fourth-order valence-electron chi connectivity index (χ4n) is 4.99. The fraction of sp³-hybridized carbons (Fsp3) is 0.591. The zero-order valence-electron chi connectivity index (χ0n) is 16.4. The predicted octanol–water partition coefficient (Wildman–Crippen LogP) is 6.12. The number of hydrogen-bond donors (Lipinski definition) is 1. The Balaban J connectivity index is 1.40. The van der Waals surface area contributed by atoms with Gasteiger partial charge in [-0.15, -0.1) is 13.2 Å². The zero-order valence-corrected chi connectivity index (χ0v) is 17.3. The highest BCUT2D eigenvalue weighted by atomic mass is 32.1. The van der Waals surface area contributed by atoms with E-state index in [1.165, 1.54) is 25.0 Å². The van der Waals surface area contributed by atoms with Crippen LogP contribution in [0.3, 0.4) is 0 Å². The minimum atomic E-state index is -4.78. The molecule has 3 saturated carbocycles. The molecule has 0 saturated heterocycles. The molecule has 162 valence electrons. The lowest BCUT2D eigenvalue weighted by molar-refractivity contribution is -0.274. The Hall–Kier alpha value is -1.67. The van der Waals surface area contributed by atoms with Crippen LogP contribution in [-0.2, 0) is 11.3 Å². The molecule has 5 rings (SSSR count). The lowest BCUT2D eigenvalue weighted by Gasteiger charge is -2.32. The van der Waals surface area contributed by atoms with Gasteiger partial charge < -0.3 is 14.0 Å². The van der Waals surface area contributed by atoms with Crippen LogP contribution in [-0.4, -0.2) is 22.9 Å². The van der Waals surface area contributed by atoms with Gasteiger partial charge in [-0.05, 0) is 62.5 Å². The molecule has 3 aliphatic carbocycles. The number of fused-ring (bicyclic) bond motifs is 2. The molecule has 8 heteroatoms. The number of ether oxygens (including phenoxy) is 2. The Bertz CT molecular complexity index is 897. The molecule has 30 heavy (non-hydrogen) atoms. The average molecular weight is 439 g/mol. The second kappa shape index (κ2) is 7.79. The number of halogens is 3. The minimum Gasteiger partial charge on any atom is -0.405 e. The maximum absolute atomic E-state index is 12.9. The lowest BCUT2D eigenvalue weighted by atomic mass is 9.86. The van der Waals surface area contributed by atoms with Gasteiger partial charge in [0, 0.05) is 22.3 Å². The Morgan fingerprint density at radius 1 is 1.07 bits per heavy atom. The molecule has 0 radical (unpaired) electrons. The van der Waals surface area contributed by atoms with Gasteiger partial charge in [0.2, 0.25) is 0 Å². The summed E-state index contributed by atoms with van der Waals surface area (Å²) in [5.41, 5.74) is 1.39. The number of aromatic nitrogens is 1. The zero-order chi connectivity index (χ0) is 20.9. The van der Waals surface area contributed by atoms with Crippen molar-refractivity contribution in [1.82, 2.24) is 5.16 Å². The van der Waals surface area contributed by atoms with Crippen LogP contribution in [0.2, 0.25) is 0 Å². The summed E-state index contributed by atoms with van der Waals surface area (Å²) in [4.78, 5) is 0. The van der Waals surface area contributed by atoms with E-state index < -0.39 is 6.36 Å². The van der Waals surface area contributed by atoms with Crippen LogP contribution >= 0.6 is 12.6 Å². The van der Waals surface area contributed by atoms with Crippen LogP contribution in [0.4, 0.5) is 13.2 Å². The van der Waals surface area contributed by atoms with Crippen molar-refractivity contribution < 1.29 is 27.2 Å². The van der Waals surface area contributed by atoms with Gasteiger partial charge in [0.1, 0.15) is 17.2 Å². The van der Waals surface area contributed by atoms with Crippen molar-refractivity contribution in [3.05, 3.63) is 35.6 Å². The van der Waals surface area contributed by atoms with E-state index in [1.807, 2.05) is 0 Å². The number of benzene rings is 1. The predicted molar refractivity (Wildman–Crippen MR) is 107 cm³/mol. The van der Waals surface area contributed by atoms with Gasteiger partial charge in [-0.25, -0.2) is 0 Å². The summed E-state index contributed by atoms with van der Waals surface area (Å²) in [7, 11) is 0. The Labute approximate surface area is 178 Å². The molecule has 0 aliphatic heterocycles. The first kappa shape index (κ1) is 20.2. The standard InChI is InChI=1S/C22H24F3NO3S/c23-22(24,25)28-18-4-2-1-3-16(18)19-17(20(29-26-19)12-5-6-12)11-27-15-9-13-7-8-14(10-15)21(13)30/h1-4,12-15,21,30H,5-11H2/t13-,14+,15+,21-. The van der Waals surface area contributed by atoms with Gasteiger partial charge >= 0.3 is 6.36 Å². The smallest absolute Gasteiger partial charge is 0.405 e. The van der Waals surface area contributed by atoms with Crippen LogP contribution in [0.25, 0.3) is 11.3 Å². The molecule has 0 N–H and O–H groups in total. The van der Waals surface area contributed by atoms with Crippen molar-refractivity contribution in [2.24, 2.45) is 11.8 Å². The maximum atomic E-state index is 12.9. The molecule has 4 nitrogen and oxygen atoms in total. The van der Waals surface area contributed by atoms with Crippen molar-refractivity contribution in [3.63, 3.8) is 0 Å². The SMILES string of the molecule is FC(F)(F)Oc1ccccc1-c1noc(C2CC2)c1CO[C@H]1C[C@H]2CC[C@@H](C1)[C@@H]2S. The summed E-state index contributed by atoms with van der Waals surface area (Å²) in [5.74, 6) is 1.89. The molecular formula is C22H24F3NO3S. The third kappa shape index (κ3) is 4.08. The van der Waals surface area contributed by atoms with E-state index in [0.29, 0.717) is 22.8 Å². The van der Waals surface area contributed by atoms with E-state index in [4.69, 9.17) is 21.9 Å². The number of alkyl halides is 3. The molecule has 4 atom stereocenters. The van der Waals surface area contributed by atoms with Gasteiger partial charge in [0.05, 0.1) is 12.7 Å². The van der Waals surface area contributed by atoms with Crippen molar-refractivity contribution in [3.8, 4) is 17.0 Å². The third-order valence-electron chi connectivity index (χ3n) is 6.60. The van der Waals surface area contributed by atoms with Gasteiger partial charge in [0.15, 0.2) is 0 Å². The molecule has 2 bridgehead atoms. The molecule has 0 amide bonds. The Kier molecular flexibility index (Phi) is 5.25. The summed E-state index contributed by atoms with van der Waals surface area (Å²) in [5, 5.41) is 4.60. The highest BCUT2D eigenvalue weighted by Crippen LogP contribution is 2.48. The van der Waals surface area contributed by atoms with E-state index in [1.54, 1.807) is 12.1 Å². The quantitative estimate of drug-likeness (QED) is 0.551. The molecule has 0 unspecified atom stereocenters. The average Bonchev–Trinajstić information content (AvgIpc) is 3.42. The first-order chi connectivity index (χ1) is 14.4. The summed E-state index contributed by atoms with van der Waals surface area (Å²) in [6.07, 6.45) is 1.73. The molecular weight excluding hydrogens is 415 g/mol. The number of nitrogens with zero attached hydrogens (tertiary/aromatic N) is 1. The van der Waals surface area contributed by atoms with Crippen LogP contribution in [0.15, 0.2) is 28.8 Å². The molecule has 1 heterocycles. The van der Waals surface area contributed by atoms with Gasteiger partial charge in [-0.1, -0.05) is 17.3 Å². The number of para-hydroxylation sites is 1. The first-order valence-electron chi connectivity index (χ1n) is 10.5. The summed E-state index contributed by atoms with van der Waals surface area (Å²) < 4.78 is 54.8. The minimum absolute atomic E-state index is 0.141. The Morgan fingerprint density at radius 3 is 2.43 bits per heavy atom. The first-order valence-corrected chi connectivity index (χ1v) is 11.0. The molecule has 1 aromatic heterocycles. The van der Waals surface area contributed by atoms with Crippen molar-refractivity contribution in [2.45, 2.75) is 68.8 Å². The van der Waals surface area contributed by atoms with Crippen LogP contribution in [0.5, 0.6) is 5.75 Å². The van der Waals surface area contributed by atoms with E-state index in [-0.39, 0.29) is 29.9 Å². The molecule has 3 fully saturated rings. The van der Waals surface area contributed by atoms with E-state index in [0.717, 1.165) is 37.0 Å². The Morgan fingerprint density at radius 2 is 1.77 bits per heavy atom. The molecule has 2 aromatic rings. The van der Waals surface area contributed by atoms with E-state index in [2.05, 4.69) is 9.89 Å². The monoisotopic (exact) mass is 439 g/mol. The van der Waals surface area contributed by atoms with Crippen LogP contribution < -0.4 is 4.74 Å². The highest BCUT2D eigenvalue weighted by Gasteiger charge is 2.42. The van der Waals surface area contributed by atoms with Gasteiger partial charge in [-0.3, -0.25) is 0 Å². The largest absolute Gasteiger partial charge is 0.573 e. The number of rotatable bonds is 6. The summed E-state index contributed by atoms with van der Waals surface area (Å²) in [6, 6.07) is 6.05. The molecule has 1 aromatic carbocycles. The molecule has 3 aliphatic rings. The topological polar surface area (TPSA) is 44.5 Å². The second-order valence-electron chi connectivity index (χ2n) is 8.68. The number of hydrogen-bond acceptors (Lipinski definition) is 5. The van der Waals surface area contributed by atoms with E-state index >= 15 is 0 Å². The lowest BCUT2D eigenvalue weighted by Crippen LogP contribution is -2.31. The van der Waals surface area contributed by atoms with Gasteiger partial charge in [-0.2, -0.15) is 12.6 Å². The van der Waals surface area contributed by atoms with Crippen molar-refractivity contribution in [1.29, 1.82) is 0 Å².